The van der Waals surface area contributed by atoms with Crippen LogP contribution in [0.2, 0.25) is 0 Å². The number of carbonyl (C=O) groups is 1. The van der Waals surface area contributed by atoms with Gasteiger partial charge in [-0.1, -0.05) is 24.3 Å². The van der Waals surface area contributed by atoms with E-state index in [2.05, 4.69) is 10.2 Å². The Morgan fingerprint density at radius 1 is 1.19 bits per heavy atom. The molecule has 0 aliphatic heterocycles. The number of carbonyl (C=O) groups excluding carboxylic acids is 1. The standard InChI is InChI=1S/C16H20N4O/c1-11-8-15(12(2)19-18-11)16(21)20(3)10-14-7-5-4-6-13(14)9-17/h4-8H,9-10,17H2,1-3H3. The Morgan fingerprint density at radius 3 is 2.52 bits per heavy atom. The van der Waals surface area contributed by atoms with E-state index in [0.717, 1.165) is 16.8 Å². The fraction of sp³-hybridized carbons (Fsp3) is 0.312. The summed E-state index contributed by atoms with van der Waals surface area (Å²) in [5, 5.41) is 7.96. The van der Waals surface area contributed by atoms with Gasteiger partial charge < -0.3 is 10.6 Å². The summed E-state index contributed by atoms with van der Waals surface area (Å²) < 4.78 is 0. The van der Waals surface area contributed by atoms with E-state index in [0.29, 0.717) is 24.3 Å². The van der Waals surface area contributed by atoms with Crippen molar-refractivity contribution < 1.29 is 4.79 Å². The molecule has 5 heteroatoms. The second-order valence-corrected chi connectivity index (χ2v) is 5.12. The minimum absolute atomic E-state index is 0.0580. The summed E-state index contributed by atoms with van der Waals surface area (Å²) in [7, 11) is 1.78. The Kier molecular flexibility index (Phi) is 4.65. The highest BCUT2D eigenvalue weighted by molar-refractivity contribution is 5.95. The summed E-state index contributed by atoms with van der Waals surface area (Å²) >= 11 is 0. The van der Waals surface area contributed by atoms with Crippen LogP contribution in [0.25, 0.3) is 0 Å². The van der Waals surface area contributed by atoms with Crippen LogP contribution in [0, 0.1) is 13.8 Å². The van der Waals surface area contributed by atoms with Gasteiger partial charge in [0.2, 0.25) is 0 Å². The first-order valence-electron chi connectivity index (χ1n) is 6.86. The molecule has 21 heavy (non-hydrogen) atoms. The number of rotatable bonds is 4. The molecule has 0 saturated heterocycles. The number of nitrogens with two attached hydrogens (primary N) is 1. The molecule has 1 aromatic carbocycles. The van der Waals surface area contributed by atoms with Crippen molar-refractivity contribution in [3.05, 3.63) is 58.4 Å². The quantitative estimate of drug-likeness (QED) is 0.929. The molecule has 1 aromatic heterocycles. The lowest BCUT2D eigenvalue weighted by atomic mass is 10.1. The molecule has 0 aliphatic carbocycles. The van der Waals surface area contributed by atoms with Crippen LogP contribution in [0.4, 0.5) is 0 Å². The molecule has 0 aliphatic rings. The van der Waals surface area contributed by atoms with Crippen LogP contribution >= 0.6 is 0 Å². The lowest BCUT2D eigenvalue weighted by molar-refractivity contribution is 0.0783. The van der Waals surface area contributed by atoms with Gasteiger partial charge in [-0.25, -0.2) is 0 Å². The van der Waals surface area contributed by atoms with Gasteiger partial charge in [-0.05, 0) is 31.0 Å². The SMILES string of the molecule is Cc1cc(C(=O)N(C)Cc2ccccc2CN)c(C)nn1. The minimum Gasteiger partial charge on any atom is -0.337 e. The third-order valence-electron chi connectivity index (χ3n) is 3.42. The van der Waals surface area contributed by atoms with Gasteiger partial charge in [-0.15, -0.1) is 0 Å². The Bertz CT molecular complexity index is 654. The van der Waals surface area contributed by atoms with Gasteiger partial charge in [0.25, 0.3) is 5.91 Å². The van der Waals surface area contributed by atoms with Crippen LogP contribution in [0.3, 0.4) is 0 Å². The maximum Gasteiger partial charge on any atom is 0.255 e. The fourth-order valence-electron chi connectivity index (χ4n) is 2.21. The molecule has 2 N–H and O–H groups in total. The normalized spacial score (nSPS) is 10.5. The molecule has 2 rings (SSSR count). The maximum absolute atomic E-state index is 12.5. The van der Waals surface area contributed by atoms with Gasteiger partial charge in [0.1, 0.15) is 0 Å². The molecular weight excluding hydrogens is 264 g/mol. The molecule has 0 atom stereocenters. The Labute approximate surface area is 124 Å². The summed E-state index contributed by atoms with van der Waals surface area (Å²) in [6, 6.07) is 9.66. The number of nitrogens with zero attached hydrogens (tertiary/aromatic N) is 3. The molecule has 0 spiro atoms. The fourth-order valence-corrected chi connectivity index (χ4v) is 2.21. The topological polar surface area (TPSA) is 72.1 Å². The lowest BCUT2D eigenvalue weighted by Gasteiger charge is -2.19. The highest BCUT2D eigenvalue weighted by atomic mass is 16.2. The highest BCUT2D eigenvalue weighted by Crippen LogP contribution is 2.14. The molecule has 1 amide bonds. The molecule has 0 bridgehead atoms. The van der Waals surface area contributed by atoms with Crippen LogP contribution in [-0.4, -0.2) is 28.1 Å². The van der Waals surface area contributed by atoms with Gasteiger partial charge in [0.15, 0.2) is 0 Å². The average molecular weight is 284 g/mol. The van der Waals surface area contributed by atoms with Crippen molar-refractivity contribution >= 4 is 5.91 Å². The van der Waals surface area contributed by atoms with Crippen LogP contribution in [0.15, 0.2) is 30.3 Å². The number of aromatic nitrogens is 2. The van der Waals surface area contributed by atoms with E-state index in [1.54, 1.807) is 24.9 Å². The summed E-state index contributed by atoms with van der Waals surface area (Å²) in [4.78, 5) is 14.2. The van der Waals surface area contributed by atoms with E-state index in [9.17, 15) is 4.79 Å². The van der Waals surface area contributed by atoms with E-state index >= 15 is 0 Å². The summed E-state index contributed by atoms with van der Waals surface area (Å²) in [6.45, 7) is 4.61. The maximum atomic E-state index is 12.5. The largest absolute Gasteiger partial charge is 0.337 e. The first-order chi connectivity index (χ1) is 10.0. The van der Waals surface area contributed by atoms with Gasteiger partial charge in [-0.3, -0.25) is 4.79 Å². The van der Waals surface area contributed by atoms with Gasteiger partial charge in [-0.2, -0.15) is 10.2 Å². The predicted octanol–water partition coefficient (Wildman–Crippen LogP) is 1.82. The Balaban J connectivity index is 2.22. The molecule has 2 aromatic rings. The molecule has 1 heterocycles. The van der Waals surface area contributed by atoms with E-state index in [4.69, 9.17) is 5.73 Å². The third kappa shape index (κ3) is 3.44. The number of aryl methyl sites for hydroxylation is 2. The molecule has 110 valence electrons. The molecule has 0 radical (unpaired) electrons. The Morgan fingerprint density at radius 2 is 1.86 bits per heavy atom. The van der Waals surface area contributed by atoms with Crippen LogP contribution in [0.1, 0.15) is 32.9 Å². The zero-order valence-electron chi connectivity index (χ0n) is 12.6. The van der Waals surface area contributed by atoms with Crippen molar-refractivity contribution in [3.8, 4) is 0 Å². The zero-order valence-corrected chi connectivity index (χ0v) is 12.6. The van der Waals surface area contributed by atoms with Gasteiger partial charge >= 0.3 is 0 Å². The monoisotopic (exact) mass is 284 g/mol. The number of hydrogen-bond donors (Lipinski definition) is 1. The predicted molar refractivity (Wildman–Crippen MR) is 81.6 cm³/mol. The Hall–Kier alpha value is -2.27. The van der Waals surface area contributed by atoms with Crippen LogP contribution in [0.5, 0.6) is 0 Å². The van der Waals surface area contributed by atoms with Crippen molar-refractivity contribution in [1.29, 1.82) is 0 Å². The van der Waals surface area contributed by atoms with Gasteiger partial charge in [0, 0.05) is 20.1 Å². The summed E-state index contributed by atoms with van der Waals surface area (Å²) in [5.41, 5.74) is 9.82. The van der Waals surface area contributed by atoms with Crippen LogP contribution in [-0.2, 0) is 13.1 Å². The molecule has 5 nitrogen and oxygen atoms in total. The summed E-state index contributed by atoms with van der Waals surface area (Å²) in [5.74, 6) is -0.0580. The van der Waals surface area contributed by atoms with Crippen molar-refractivity contribution in [2.45, 2.75) is 26.9 Å². The molecule has 0 unspecified atom stereocenters. The van der Waals surface area contributed by atoms with E-state index in [1.807, 2.05) is 31.2 Å². The molecule has 0 saturated carbocycles. The first-order valence-corrected chi connectivity index (χ1v) is 6.86. The second kappa shape index (κ2) is 6.45. The molecule has 0 fully saturated rings. The minimum atomic E-state index is -0.0580. The second-order valence-electron chi connectivity index (χ2n) is 5.12. The highest BCUT2D eigenvalue weighted by Gasteiger charge is 2.16. The van der Waals surface area contributed by atoms with Crippen molar-refractivity contribution in [2.75, 3.05) is 7.05 Å². The van der Waals surface area contributed by atoms with Crippen molar-refractivity contribution in [2.24, 2.45) is 5.73 Å². The first kappa shape index (κ1) is 15.1. The van der Waals surface area contributed by atoms with E-state index in [1.165, 1.54) is 0 Å². The number of benzene rings is 1. The molecular formula is C16H20N4O. The smallest absolute Gasteiger partial charge is 0.255 e. The van der Waals surface area contributed by atoms with E-state index < -0.39 is 0 Å². The average Bonchev–Trinajstić information content (AvgIpc) is 2.49. The van der Waals surface area contributed by atoms with Gasteiger partial charge in [0.05, 0.1) is 17.0 Å². The van der Waals surface area contributed by atoms with Crippen molar-refractivity contribution in [1.82, 2.24) is 15.1 Å². The van der Waals surface area contributed by atoms with Crippen molar-refractivity contribution in [3.63, 3.8) is 0 Å². The van der Waals surface area contributed by atoms with Crippen LogP contribution < -0.4 is 5.73 Å². The third-order valence-corrected chi connectivity index (χ3v) is 3.42. The lowest BCUT2D eigenvalue weighted by Crippen LogP contribution is -2.28. The zero-order chi connectivity index (χ0) is 15.4. The number of hydrogen-bond acceptors (Lipinski definition) is 4. The summed E-state index contributed by atoms with van der Waals surface area (Å²) in [6.07, 6.45) is 0. The number of amides is 1. The van der Waals surface area contributed by atoms with E-state index in [-0.39, 0.29) is 5.91 Å².